The highest BCUT2D eigenvalue weighted by Crippen LogP contribution is 2.55. The van der Waals surface area contributed by atoms with Crippen LogP contribution in [0.15, 0.2) is 35.2 Å². The molecule has 4 bridgehead atoms. The Kier molecular flexibility index (Phi) is 5.48. The van der Waals surface area contributed by atoms with Crippen molar-refractivity contribution >= 4 is 46.2 Å². The van der Waals surface area contributed by atoms with Crippen molar-refractivity contribution in [3.05, 3.63) is 40.8 Å². The van der Waals surface area contributed by atoms with E-state index < -0.39 is 0 Å². The Morgan fingerprint density at radius 3 is 2.40 bits per heavy atom. The highest BCUT2D eigenvalue weighted by atomic mass is 32.2. The van der Waals surface area contributed by atoms with Crippen LogP contribution in [0.4, 0.5) is 0 Å². The van der Waals surface area contributed by atoms with Gasteiger partial charge in [0.2, 0.25) is 5.91 Å². The van der Waals surface area contributed by atoms with Crippen molar-refractivity contribution in [3.8, 4) is 0 Å². The number of benzene rings is 1. The van der Waals surface area contributed by atoms with Crippen LogP contribution in [0.1, 0.15) is 56.9 Å². The molecule has 0 spiro atoms. The van der Waals surface area contributed by atoms with Crippen molar-refractivity contribution in [2.45, 2.75) is 56.9 Å². The fourth-order valence-corrected chi connectivity index (χ4v) is 7.72. The molecular weight excluding hydrogens is 412 g/mol. The first kappa shape index (κ1) is 20.3. The van der Waals surface area contributed by atoms with Crippen LogP contribution in [0, 0.1) is 17.8 Å². The van der Waals surface area contributed by atoms with Gasteiger partial charge in [-0.05, 0) is 74.3 Å². The van der Waals surface area contributed by atoms with Crippen LogP contribution >= 0.6 is 24.0 Å². The zero-order chi connectivity index (χ0) is 20.7. The van der Waals surface area contributed by atoms with E-state index >= 15 is 0 Å². The predicted octanol–water partition coefficient (Wildman–Crippen LogP) is 4.75. The van der Waals surface area contributed by atoms with Gasteiger partial charge < -0.3 is 5.32 Å². The zero-order valence-electron chi connectivity index (χ0n) is 17.1. The van der Waals surface area contributed by atoms with E-state index in [1.54, 1.807) is 4.90 Å². The third-order valence-corrected chi connectivity index (χ3v) is 8.58. The minimum Gasteiger partial charge on any atom is -0.351 e. The molecule has 30 heavy (non-hydrogen) atoms. The van der Waals surface area contributed by atoms with E-state index in [1.165, 1.54) is 50.3 Å². The molecule has 5 aliphatic rings. The number of hydrogen-bond acceptors (Lipinski definition) is 4. The van der Waals surface area contributed by atoms with Gasteiger partial charge in [-0.15, -0.1) is 0 Å². The molecule has 2 amide bonds. The number of amides is 2. The van der Waals surface area contributed by atoms with Crippen molar-refractivity contribution in [1.82, 2.24) is 10.2 Å². The van der Waals surface area contributed by atoms with Crippen LogP contribution < -0.4 is 5.32 Å². The molecule has 1 N–H and O–H groups in total. The second-order valence-corrected chi connectivity index (χ2v) is 11.3. The summed E-state index contributed by atoms with van der Waals surface area (Å²) >= 11 is 6.77. The molecular formula is C24H28N2O2S2. The molecule has 4 saturated carbocycles. The summed E-state index contributed by atoms with van der Waals surface area (Å²) < 4.78 is 0.587. The Hall–Kier alpha value is -1.66. The lowest BCUT2D eigenvalue weighted by Crippen LogP contribution is -2.59. The number of nitrogens with zero attached hydrogens (tertiary/aromatic N) is 1. The maximum Gasteiger partial charge on any atom is 0.266 e. The molecule has 4 aliphatic carbocycles. The number of thiocarbonyl (C=S) groups is 1. The number of thioether (sulfide) groups is 1. The molecule has 6 rings (SSSR count). The minimum absolute atomic E-state index is 0.0460. The Bertz CT molecular complexity index is 860. The average Bonchev–Trinajstić information content (AvgIpc) is 2.94. The largest absolute Gasteiger partial charge is 0.351 e. The lowest BCUT2D eigenvalue weighted by molar-refractivity contribution is -0.127. The molecule has 1 saturated heterocycles. The maximum absolute atomic E-state index is 12.7. The summed E-state index contributed by atoms with van der Waals surface area (Å²) in [5.41, 5.74) is 1.06. The summed E-state index contributed by atoms with van der Waals surface area (Å²) in [4.78, 5) is 27.8. The first-order valence-electron chi connectivity index (χ1n) is 11.1. The van der Waals surface area contributed by atoms with Crippen molar-refractivity contribution in [1.29, 1.82) is 0 Å². The van der Waals surface area contributed by atoms with Crippen LogP contribution in [-0.2, 0) is 9.59 Å². The first-order valence-corrected chi connectivity index (χ1v) is 12.3. The number of nitrogens with one attached hydrogen (secondary N) is 1. The van der Waals surface area contributed by atoms with E-state index in [0.717, 1.165) is 23.3 Å². The van der Waals surface area contributed by atoms with Crippen molar-refractivity contribution in [3.63, 3.8) is 0 Å². The Balaban J connectivity index is 1.13. The number of hydrogen-bond donors (Lipinski definition) is 1. The van der Waals surface area contributed by atoms with Gasteiger partial charge >= 0.3 is 0 Å². The van der Waals surface area contributed by atoms with Crippen molar-refractivity contribution < 1.29 is 9.59 Å². The standard InChI is InChI=1S/C24H28N2O2S2/c27-21(25-24-13-17-9-18(14-24)11-19(10-17)15-24)7-4-8-26-22(28)20(30-23(26)29)12-16-5-2-1-3-6-16/h1-3,5-6,12,17-19H,4,7-11,13-15H2,(H,25,27)/b20-12+. The quantitative estimate of drug-likeness (QED) is 0.512. The Morgan fingerprint density at radius 1 is 1.13 bits per heavy atom. The summed E-state index contributed by atoms with van der Waals surface area (Å²) in [6.45, 7) is 0.505. The third kappa shape index (κ3) is 4.09. The molecule has 0 radical (unpaired) electrons. The summed E-state index contributed by atoms with van der Waals surface area (Å²) in [5, 5.41) is 3.42. The Morgan fingerprint density at radius 2 is 1.77 bits per heavy atom. The van der Waals surface area contributed by atoms with Gasteiger partial charge in [-0.2, -0.15) is 0 Å². The monoisotopic (exact) mass is 440 g/mol. The number of carbonyl (C=O) groups excluding carboxylic acids is 2. The first-order chi connectivity index (χ1) is 14.5. The van der Waals surface area contributed by atoms with Gasteiger partial charge in [-0.1, -0.05) is 54.3 Å². The van der Waals surface area contributed by atoms with E-state index in [-0.39, 0.29) is 17.4 Å². The molecule has 1 aliphatic heterocycles. The Labute approximate surface area is 187 Å². The van der Waals surface area contributed by atoms with Gasteiger partial charge in [0.25, 0.3) is 5.91 Å². The zero-order valence-corrected chi connectivity index (χ0v) is 18.8. The number of carbonyl (C=O) groups is 2. The fraction of sp³-hybridized carbons (Fsp3) is 0.542. The molecule has 0 unspecified atom stereocenters. The van der Waals surface area contributed by atoms with Crippen LogP contribution in [0.5, 0.6) is 0 Å². The van der Waals surface area contributed by atoms with Gasteiger partial charge in [0, 0.05) is 18.5 Å². The molecule has 1 aromatic carbocycles. The van der Waals surface area contributed by atoms with Gasteiger partial charge in [-0.25, -0.2) is 0 Å². The minimum atomic E-state index is -0.0460. The third-order valence-electron chi connectivity index (χ3n) is 7.20. The van der Waals surface area contributed by atoms with Crippen molar-refractivity contribution in [2.75, 3.05) is 6.54 Å². The predicted molar refractivity (Wildman–Crippen MR) is 125 cm³/mol. The summed E-state index contributed by atoms with van der Waals surface area (Å²) in [6, 6.07) is 9.81. The van der Waals surface area contributed by atoms with E-state index in [4.69, 9.17) is 12.2 Å². The van der Waals surface area contributed by atoms with Crippen LogP contribution in [-0.4, -0.2) is 33.1 Å². The highest BCUT2D eigenvalue weighted by molar-refractivity contribution is 8.26. The van der Waals surface area contributed by atoms with Crippen LogP contribution in [0.3, 0.4) is 0 Å². The van der Waals surface area contributed by atoms with Crippen LogP contribution in [0.2, 0.25) is 0 Å². The van der Waals surface area contributed by atoms with E-state index in [9.17, 15) is 9.59 Å². The van der Waals surface area contributed by atoms with E-state index in [0.29, 0.717) is 28.6 Å². The van der Waals surface area contributed by atoms with E-state index in [2.05, 4.69) is 5.32 Å². The lowest BCUT2D eigenvalue weighted by atomic mass is 9.53. The molecule has 5 fully saturated rings. The van der Waals surface area contributed by atoms with Gasteiger partial charge in [0.05, 0.1) is 4.91 Å². The normalized spacial score (nSPS) is 33.5. The van der Waals surface area contributed by atoms with Gasteiger partial charge in [0.15, 0.2) is 0 Å². The number of rotatable bonds is 6. The van der Waals surface area contributed by atoms with Gasteiger partial charge in [-0.3, -0.25) is 14.5 Å². The SMILES string of the molecule is O=C(CCCN1C(=O)/C(=C\c2ccccc2)SC1=S)NC12CC3CC(CC(C3)C1)C2. The maximum atomic E-state index is 12.7. The molecule has 1 aromatic rings. The highest BCUT2D eigenvalue weighted by Gasteiger charge is 2.51. The molecule has 1 heterocycles. The molecule has 0 aromatic heterocycles. The van der Waals surface area contributed by atoms with Crippen LogP contribution in [0.25, 0.3) is 6.08 Å². The van der Waals surface area contributed by atoms with Crippen molar-refractivity contribution in [2.24, 2.45) is 17.8 Å². The molecule has 6 heteroatoms. The molecule has 158 valence electrons. The topological polar surface area (TPSA) is 49.4 Å². The second-order valence-electron chi connectivity index (χ2n) is 9.59. The second kappa shape index (κ2) is 8.12. The summed E-state index contributed by atoms with van der Waals surface area (Å²) in [7, 11) is 0. The summed E-state index contributed by atoms with van der Waals surface area (Å²) in [6.07, 6.45) is 10.6. The molecule has 0 atom stereocenters. The molecule has 4 nitrogen and oxygen atoms in total. The smallest absolute Gasteiger partial charge is 0.266 e. The lowest BCUT2D eigenvalue weighted by Gasteiger charge is -2.56. The average molecular weight is 441 g/mol. The van der Waals surface area contributed by atoms with Gasteiger partial charge in [0.1, 0.15) is 4.32 Å². The summed E-state index contributed by atoms with van der Waals surface area (Å²) in [5.74, 6) is 2.56. The fourth-order valence-electron chi connectivity index (χ4n) is 6.41. The van der Waals surface area contributed by atoms with E-state index in [1.807, 2.05) is 36.4 Å².